The summed E-state index contributed by atoms with van der Waals surface area (Å²) in [5.41, 5.74) is 5.63. The topological polar surface area (TPSA) is 41.3 Å². The van der Waals surface area contributed by atoms with Crippen LogP contribution in [-0.2, 0) is 0 Å². The molecular formula is C22H43N3. The smallest absolute Gasteiger partial charge is 0.118 e. The molecule has 0 saturated heterocycles. The molecule has 1 rings (SSSR count). The highest BCUT2D eigenvalue weighted by molar-refractivity contribution is 5.04. The van der Waals surface area contributed by atoms with E-state index in [1.807, 2.05) is 6.20 Å². The summed E-state index contributed by atoms with van der Waals surface area (Å²) in [6.07, 6.45) is 28.7. The molecule has 1 aliphatic rings. The molecule has 0 aromatic carbocycles. The van der Waals surface area contributed by atoms with Gasteiger partial charge in [0.25, 0.3) is 0 Å². The zero-order valence-corrected chi connectivity index (χ0v) is 16.7. The average molecular weight is 350 g/mol. The Morgan fingerprint density at radius 1 is 0.880 bits per heavy atom. The van der Waals surface area contributed by atoms with Crippen molar-refractivity contribution in [2.45, 2.75) is 103 Å². The van der Waals surface area contributed by atoms with Gasteiger partial charge in [-0.2, -0.15) is 0 Å². The van der Waals surface area contributed by atoms with Crippen molar-refractivity contribution in [1.29, 1.82) is 0 Å². The maximum atomic E-state index is 5.63. The molecule has 0 aromatic rings. The molecule has 3 heteroatoms. The summed E-state index contributed by atoms with van der Waals surface area (Å²) in [5, 5.41) is 3.34. The normalized spacial score (nSPS) is 16.9. The predicted octanol–water partition coefficient (Wildman–Crippen LogP) is 5.69. The van der Waals surface area contributed by atoms with Gasteiger partial charge in [-0.1, -0.05) is 90.0 Å². The number of hydrogen-bond acceptors (Lipinski definition) is 3. The number of unbranched alkanes of at least 4 members (excludes halogenated alkanes) is 13. The van der Waals surface area contributed by atoms with E-state index in [0.717, 1.165) is 6.54 Å². The Labute approximate surface area is 157 Å². The van der Waals surface area contributed by atoms with Gasteiger partial charge in [-0.15, -0.1) is 0 Å². The van der Waals surface area contributed by atoms with Crippen LogP contribution in [0.2, 0.25) is 0 Å². The fourth-order valence-corrected chi connectivity index (χ4v) is 3.46. The van der Waals surface area contributed by atoms with Gasteiger partial charge in [0.05, 0.1) is 0 Å². The average Bonchev–Trinajstić information content (AvgIpc) is 3.06. The van der Waals surface area contributed by atoms with Gasteiger partial charge in [-0.25, -0.2) is 0 Å². The number of rotatable bonds is 17. The first-order valence-corrected chi connectivity index (χ1v) is 10.9. The molecule has 0 amide bonds. The van der Waals surface area contributed by atoms with Gasteiger partial charge in [-0.3, -0.25) is 0 Å². The van der Waals surface area contributed by atoms with Gasteiger partial charge in [0.2, 0.25) is 0 Å². The molecule has 3 N–H and O–H groups in total. The van der Waals surface area contributed by atoms with Crippen molar-refractivity contribution in [3.05, 3.63) is 24.6 Å². The molecule has 1 heterocycles. The molecule has 146 valence electrons. The fourth-order valence-electron chi connectivity index (χ4n) is 3.46. The van der Waals surface area contributed by atoms with Gasteiger partial charge in [0.1, 0.15) is 6.17 Å². The lowest BCUT2D eigenvalue weighted by atomic mass is 10.0. The molecule has 0 bridgehead atoms. The van der Waals surface area contributed by atoms with Crippen LogP contribution in [0.5, 0.6) is 0 Å². The van der Waals surface area contributed by atoms with Crippen LogP contribution in [-0.4, -0.2) is 24.2 Å². The Morgan fingerprint density at radius 3 is 2.00 bits per heavy atom. The third-order valence-electron chi connectivity index (χ3n) is 5.07. The second kappa shape index (κ2) is 16.5. The minimum absolute atomic E-state index is 0.311. The largest absolute Gasteiger partial charge is 0.367 e. The van der Waals surface area contributed by atoms with Crippen LogP contribution in [0, 0.1) is 0 Å². The number of allylic oxidation sites excluding steroid dienone is 1. The monoisotopic (exact) mass is 349 g/mol. The van der Waals surface area contributed by atoms with Crippen LogP contribution < -0.4 is 11.1 Å². The number of nitrogens with zero attached hydrogens (tertiary/aromatic N) is 1. The minimum atomic E-state index is 0.311. The SMILES string of the molecule is CCCCCCCCCCCCCCC/C=C/C1NC=CN1CCN. The maximum Gasteiger partial charge on any atom is 0.118 e. The fraction of sp³-hybridized carbons (Fsp3) is 0.818. The van der Waals surface area contributed by atoms with Crippen LogP contribution in [0.4, 0.5) is 0 Å². The van der Waals surface area contributed by atoms with E-state index in [0.29, 0.717) is 12.7 Å². The van der Waals surface area contributed by atoms with Crippen molar-refractivity contribution in [3.63, 3.8) is 0 Å². The van der Waals surface area contributed by atoms with Gasteiger partial charge >= 0.3 is 0 Å². The molecule has 1 unspecified atom stereocenters. The zero-order chi connectivity index (χ0) is 18.0. The standard InChI is InChI=1S/C22H43N3/c1-2-3-4-5-6-7-8-9-10-11-12-13-14-15-16-17-22-24-19-21-25(22)20-18-23/h16-17,19,21-22,24H,2-15,18,20,23H2,1H3/b17-16+. The molecule has 0 aliphatic carbocycles. The zero-order valence-electron chi connectivity index (χ0n) is 16.7. The number of nitrogens with one attached hydrogen (secondary N) is 1. The van der Waals surface area contributed by atoms with E-state index in [4.69, 9.17) is 5.73 Å². The Kier molecular flexibility index (Phi) is 14.6. The van der Waals surface area contributed by atoms with Crippen LogP contribution >= 0.6 is 0 Å². The summed E-state index contributed by atoms with van der Waals surface area (Å²) >= 11 is 0. The molecule has 0 saturated carbocycles. The maximum absolute atomic E-state index is 5.63. The van der Waals surface area contributed by atoms with Crippen LogP contribution in [0.25, 0.3) is 0 Å². The van der Waals surface area contributed by atoms with Gasteiger partial charge in [0.15, 0.2) is 0 Å². The van der Waals surface area contributed by atoms with E-state index >= 15 is 0 Å². The van der Waals surface area contributed by atoms with E-state index in [1.54, 1.807) is 0 Å². The van der Waals surface area contributed by atoms with Crippen LogP contribution in [0.15, 0.2) is 24.6 Å². The molecule has 0 radical (unpaired) electrons. The van der Waals surface area contributed by atoms with Crippen molar-refractivity contribution in [2.75, 3.05) is 13.1 Å². The highest BCUT2D eigenvalue weighted by atomic mass is 15.3. The van der Waals surface area contributed by atoms with E-state index in [-0.39, 0.29) is 0 Å². The summed E-state index contributed by atoms with van der Waals surface area (Å²) in [4.78, 5) is 2.25. The first-order valence-electron chi connectivity index (χ1n) is 10.9. The third kappa shape index (κ3) is 12.1. The Bertz CT molecular complexity index is 338. The summed E-state index contributed by atoms with van der Waals surface area (Å²) in [6, 6.07) is 0. The highest BCUT2D eigenvalue weighted by Gasteiger charge is 2.13. The first kappa shape index (κ1) is 22.1. The molecule has 0 fully saturated rings. The predicted molar refractivity (Wildman–Crippen MR) is 111 cm³/mol. The second-order valence-electron chi connectivity index (χ2n) is 7.41. The lowest BCUT2D eigenvalue weighted by molar-refractivity contribution is 0.333. The molecular weight excluding hydrogens is 306 g/mol. The highest BCUT2D eigenvalue weighted by Crippen LogP contribution is 2.13. The third-order valence-corrected chi connectivity index (χ3v) is 5.07. The number of hydrogen-bond donors (Lipinski definition) is 2. The van der Waals surface area contributed by atoms with Crippen LogP contribution in [0.1, 0.15) is 96.8 Å². The molecule has 1 aliphatic heterocycles. The summed E-state index contributed by atoms with van der Waals surface area (Å²) in [5.74, 6) is 0. The summed E-state index contributed by atoms with van der Waals surface area (Å²) in [7, 11) is 0. The number of nitrogens with two attached hydrogens (primary N) is 1. The van der Waals surface area contributed by atoms with Crippen molar-refractivity contribution in [2.24, 2.45) is 5.73 Å². The van der Waals surface area contributed by atoms with E-state index in [1.165, 1.54) is 89.9 Å². The van der Waals surface area contributed by atoms with Gasteiger partial charge < -0.3 is 16.0 Å². The Morgan fingerprint density at radius 2 is 1.44 bits per heavy atom. The van der Waals surface area contributed by atoms with E-state index in [9.17, 15) is 0 Å². The van der Waals surface area contributed by atoms with Crippen molar-refractivity contribution < 1.29 is 0 Å². The minimum Gasteiger partial charge on any atom is -0.367 e. The lowest BCUT2D eigenvalue weighted by Gasteiger charge is -2.21. The van der Waals surface area contributed by atoms with Crippen LogP contribution in [0.3, 0.4) is 0 Å². The first-order chi connectivity index (χ1) is 12.4. The van der Waals surface area contributed by atoms with E-state index < -0.39 is 0 Å². The second-order valence-corrected chi connectivity index (χ2v) is 7.41. The molecule has 0 aromatic heterocycles. The van der Waals surface area contributed by atoms with Crippen molar-refractivity contribution >= 4 is 0 Å². The van der Waals surface area contributed by atoms with Gasteiger partial charge in [-0.05, 0) is 18.9 Å². The Balaban J connectivity index is 1.81. The lowest BCUT2D eigenvalue weighted by Crippen LogP contribution is -2.36. The van der Waals surface area contributed by atoms with E-state index in [2.05, 4.69) is 35.5 Å². The molecule has 3 nitrogen and oxygen atoms in total. The Hall–Kier alpha value is -0.960. The molecule has 0 spiro atoms. The van der Waals surface area contributed by atoms with Gasteiger partial charge in [0, 0.05) is 25.5 Å². The summed E-state index contributed by atoms with van der Waals surface area (Å²) < 4.78 is 0. The molecule has 1 atom stereocenters. The summed E-state index contributed by atoms with van der Waals surface area (Å²) in [6.45, 7) is 3.91. The quantitative estimate of drug-likeness (QED) is 0.262. The van der Waals surface area contributed by atoms with Crippen molar-refractivity contribution in [1.82, 2.24) is 10.2 Å². The van der Waals surface area contributed by atoms with Crippen molar-refractivity contribution in [3.8, 4) is 0 Å². The molecule has 25 heavy (non-hydrogen) atoms.